The van der Waals surface area contributed by atoms with Crippen molar-refractivity contribution in [1.82, 2.24) is 0 Å². The monoisotopic (exact) mass is 327 g/mol. The molecule has 0 aliphatic carbocycles. The Kier molecular flexibility index (Phi) is 5.57. The molecule has 0 saturated carbocycles. The lowest BCUT2D eigenvalue weighted by atomic mass is 10.0. The van der Waals surface area contributed by atoms with Gasteiger partial charge in [0.05, 0.1) is 7.14 Å². The summed E-state index contributed by atoms with van der Waals surface area (Å²) < 4.78 is 10.6. The fourth-order valence-electron chi connectivity index (χ4n) is 2.00. The zero-order valence-corrected chi connectivity index (χ0v) is 14.6. The molecule has 2 aromatic rings. The van der Waals surface area contributed by atoms with Gasteiger partial charge in [0.25, 0.3) is 5.91 Å². The van der Waals surface area contributed by atoms with E-state index in [-0.39, 0.29) is 5.91 Å². The third-order valence-electron chi connectivity index (χ3n) is 3.58. The van der Waals surface area contributed by atoms with Crippen molar-refractivity contribution in [3.8, 4) is 0 Å². The average Bonchev–Trinajstić information content (AvgIpc) is 2.84. The van der Waals surface area contributed by atoms with E-state index in [2.05, 4.69) is 5.32 Å². The van der Waals surface area contributed by atoms with Crippen molar-refractivity contribution in [1.29, 1.82) is 0 Å². The van der Waals surface area contributed by atoms with Crippen molar-refractivity contribution in [2.45, 2.75) is 6.92 Å². The molecule has 1 aliphatic heterocycles. The summed E-state index contributed by atoms with van der Waals surface area (Å²) in [4.78, 5) is 11.9. The third-order valence-corrected chi connectivity index (χ3v) is 5.11. The van der Waals surface area contributed by atoms with Gasteiger partial charge in [0, 0.05) is 16.8 Å². The molecule has 0 saturated heterocycles. The van der Waals surface area contributed by atoms with Gasteiger partial charge in [0.15, 0.2) is 0 Å². The average molecular weight is 327 g/mol. The van der Waals surface area contributed by atoms with Gasteiger partial charge < -0.3 is 9.88 Å². The molecular weight excluding hydrogens is 305 g/mol. The molecule has 0 atom stereocenters. The van der Waals surface area contributed by atoms with Crippen LogP contribution in [-0.2, 0) is 9.36 Å². The fraction of sp³-hybridized carbons (Fsp3) is 0.211. The lowest BCUT2D eigenvalue weighted by molar-refractivity contribution is -0.110. The van der Waals surface area contributed by atoms with Gasteiger partial charge in [-0.25, -0.2) is 0 Å². The van der Waals surface area contributed by atoms with Crippen LogP contribution in [0.1, 0.15) is 18.1 Å². The van der Waals surface area contributed by atoms with E-state index in [1.165, 1.54) is 0 Å². The standard InChI is InChI=1S/C15H11NO.C4H11OP/c17-15-13(10-11-6-2-1-3-7-11)12-8-4-5-9-14(12)16-15;1-4-6(2,3)5/h1-10H,(H,16,17);4H2,1-3H3. The molecule has 0 unspecified atom stereocenters. The molecule has 0 radical (unpaired) electrons. The Morgan fingerprint density at radius 3 is 2.17 bits per heavy atom. The number of rotatable bonds is 2. The predicted octanol–water partition coefficient (Wildman–Crippen LogP) is 4.81. The first-order chi connectivity index (χ1) is 10.9. The molecule has 1 aliphatic rings. The Balaban J connectivity index is 0.000000277. The number of nitrogens with one attached hydrogen (secondary N) is 1. The number of carbonyl (C=O) groups excluding carboxylic acids is 1. The first-order valence-electron chi connectivity index (χ1n) is 7.62. The zero-order chi connectivity index (χ0) is 16.9. The Morgan fingerprint density at radius 2 is 1.57 bits per heavy atom. The summed E-state index contributed by atoms with van der Waals surface area (Å²) in [7, 11) is -1.65. The van der Waals surface area contributed by atoms with E-state index in [1.807, 2.05) is 67.6 Å². The fourth-order valence-corrected chi connectivity index (χ4v) is 2.00. The van der Waals surface area contributed by atoms with Gasteiger partial charge in [0.1, 0.15) is 0 Å². The maximum atomic E-state index is 11.9. The largest absolute Gasteiger partial charge is 0.324 e. The second-order valence-electron chi connectivity index (χ2n) is 5.86. The molecule has 1 amide bonds. The van der Waals surface area contributed by atoms with Crippen LogP contribution >= 0.6 is 7.14 Å². The second-order valence-corrected chi connectivity index (χ2v) is 9.64. The molecule has 1 N–H and O–H groups in total. The van der Waals surface area contributed by atoms with Crippen LogP contribution in [0.2, 0.25) is 0 Å². The van der Waals surface area contributed by atoms with Crippen molar-refractivity contribution in [3.05, 3.63) is 65.7 Å². The van der Waals surface area contributed by atoms with E-state index in [4.69, 9.17) is 0 Å². The van der Waals surface area contributed by atoms with Crippen LogP contribution in [0.25, 0.3) is 11.6 Å². The quantitative estimate of drug-likeness (QED) is 0.635. The van der Waals surface area contributed by atoms with Gasteiger partial charge in [-0.1, -0.05) is 55.5 Å². The molecule has 4 heteroatoms. The number of para-hydroxylation sites is 1. The maximum Gasteiger partial charge on any atom is 0.256 e. The van der Waals surface area contributed by atoms with Gasteiger partial charge >= 0.3 is 0 Å². The molecule has 0 bridgehead atoms. The lowest BCUT2D eigenvalue weighted by Crippen LogP contribution is -2.03. The van der Waals surface area contributed by atoms with Crippen LogP contribution < -0.4 is 5.32 Å². The van der Waals surface area contributed by atoms with Gasteiger partial charge in [0.2, 0.25) is 0 Å². The van der Waals surface area contributed by atoms with E-state index in [0.717, 1.165) is 28.5 Å². The third kappa shape index (κ3) is 4.94. The molecule has 3 nitrogen and oxygen atoms in total. The summed E-state index contributed by atoms with van der Waals surface area (Å²) in [5.41, 5.74) is 3.63. The second kappa shape index (κ2) is 7.43. The summed E-state index contributed by atoms with van der Waals surface area (Å²) in [5, 5.41) is 2.86. The molecule has 0 fully saturated rings. The van der Waals surface area contributed by atoms with Crippen LogP contribution in [0.15, 0.2) is 54.6 Å². The van der Waals surface area contributed by atoms with Crippen molar-refractivity contribution in [2.75, 3.05) is 24.8 Å². The number of hydrogen-bond acceptors (Lipinski definition) is 2. The van der Waals surface area contributed by atoms with Gasteiger partial charge in [-0.2, -0.15) is 0 Å². The Bertz CT molecular complexity index is 760. The summed E-state index contributed by atoms with van der Waals surface area (Å²) in [6.45, 7) is 5.54. The number of benzene rings is 2. The van der Waals surface area contributed by atoms with Crippen molar-refractivity contribution in [2.24, 2.45) is 0 Å². The topological polar surface area (TPSA) is 46.2 Å². The van der Waals surface area contributed by atoms with Crippen LogP contribution in [0.3, 0.4) is 0 Å². The highest BCUT2D eigenvalue weighted by molar-refractivity contribution is 7.62. The van der Waals surface area contributed by atoms with Gasteiger partial charge in [-0.05, 0) is 37.2 Å². The molecule has 2 aromatic carbocycles. The first kappa shape index (κ1) is 17.2. The predicted molar refractivity (Wildman–Crippen MR) is 99.4 cm³/mol. The Morgan fingerprint density at radius 1 is 1.00 bits per heavy atom. The van der Waals surface area contributed by atoms with E-state index in [9.17, 15) is 9.36 Å². The maximum absolute atomic E-state index is 11.9. The van der Waals surface area contributed by atoms with Crippen LogP contribution in [0.4, 0.5) is 5.69 Å². The molecular formula is C19H22NO2P. The minimum absolute atomic E-state index is 0.0324. The van der Waals surface area contributed by atoms with E-state index < -0.39 is 7.14 Å². The number of carbonyl (C=O) groups is 1. The highest BCUT2D eigenvalue weighted by Gasteiger charge is 2.22. The lowest BCUT2D eigenvalue weighted by Gasteiger charge is -1.97. The number of hydrogen-bond donors (Lipinski definition) is 1. The van der Waals surface area contributed by atoms with Gasteiger partial charge in [-0.15, -0.1) is 0 Å². The first-order valence-corrected chi connectivity index (χ1v) is 10.4. The normalized spacial score (nSPS) is 14.7. The zero-order valence-electron chi connectivity index (χ0n) is 13.7. The molecule has 23 heavy (non-hydrogen) atoms. The SMILES string of the molecule is CCP(C)(C)=O.O=C1Nc2ccccc2C1=Cc1ccccc1. The highest BCUT2D eigenvalue weighted by Crippen LogP contribution is 2.34. The summed E-state index contributed by atoms with van der Waals surface area (Å²) in [5.74, 6) is -0.0324. The number of amides is 1. The minimum atomic E-state index is -1.65. The Hall–Kier alpha value is -2.12. The molecule has 120 valence electrons. The molecule has 0 aromatic heterocycles. The van der Waals surface area contributed by atoms with Crippen LogP contribution in [0, 0.1) is 0 Å². The highest BCUT2D eigenvalue weighted by atomic mass is 31.2. The number of anilines is 1. The Labute approximate surface area is 137 Å². The van der Waals surface area contributed by atoms with E-state index in [0.29, 0.717) is 0 Å². The minimum Gasteiger partial charge on any atom is -0.324 e. The molecule has 3 rings (SSSR count). The van der Waals surface area contributed by atoms with Crippen LogP contribution in [0.5, 0.6) is 0 Å². The smallest absolute Gasteiger partial charge is 0.256 e. The number of fused-ring (bicyclic) bond motifs is 1. The van der Waals surface area contributed by atoms with Crippen molar-refractivity contribution < 1.29 is 9.36 Å². The summed E-state index contributed by atoms with van der Waals surface area (Å²) in [6, 6.07) is 17.6. The van der Waals surface area contributed by atoms with Crippen molar-refractivity contribution >= 4 is 30.4 Å². The van der Waals surface area contributed by atoms with Crippen LogP contribution in [-0.4, -0.2) is 25.4 Å². The molecule has 0 spiro atoms. The van der Waals surface area contributed by atoms with E-state index in [1.54, 1.807) is 13.3 Å². The van der Waals surface area contributed by atoms with Gasteiger partial charge in [-0.3, -0.25) is 4.79 Å². The van der Waals surface area contributed by atoms with E-state index >= 15 is 0 Å². The molecule has 1 heterocycles. The van der Waals surface area contributed by atoms with Crippen molar-refractivity contribution in [3.63, 3.8) is 0 Å². The summed E-state index contributed by atoms with van der Waals surface area (Å²) in [6.07, 6.45) is 2.74. The summed E-state index contributed by atoms with van der Waals surface area (Å²) >= 11 is 0.